The molecule has 0 spiro atoms. The summed E-state index contributed by atoms with van der Waals surface area (Å²) in [5.41, 5.74) is -0.733. The molecule has 14 heavy (non-hydrogen) atoms. The highest BCUT2D eigenvalue weighted by Crippen LogP contribution is 2.13. The number of hydrogen-bond acceptors (Lipinski definition) is 4. The van der Waals surface area contributed by atoms with Crippen LogP contribution in [0.3, 0.4) is 0 Å². The SMILES string of the molecule is O=C(O)/C(CCO)=C(/CCO)C(=O)O. The van der Waals surface area contributed by atoms with Gasteiger partial charge in [0.15, 0.2) is 0 Å². The third-order valence-electron chi connectivity index (χ3n) is 1.60. The second-order valence-corrected chi connectivity index (χ2v) is 2.51. The molecule has 0 saturated heterocycles. The first-order chi connectivity index (χ1) is 6.54. The van der Waals surface area contributed by atoms with Crippen molar-refractivity contribution in [2.75, 3.05) is 13.2 Å². The van der Waals surface area contributed by atoms with Crippen molar-refractivity contribution in [3.05, 3.63) is 11.1 Å². The molecule has 6 nitrogen and oxygen atoms in total. The van der Waals surface area contributed by atoms with Gasteiger partial charge in [0.1, 0.15) is 0 Å². The van der Waals surface area contributed by atoms with Gasteiger partial charge in [-0.2, -0.15) is 0 Å². The molecular weight excluding hydrogens is 192 g/mol. The van der Waals surface area contributed by atoms with E-state index in [1.807, 2.05) is 0 Å². The second-order valence-electron chi connectivity index (χ2n) is 2.51. The molecule has 4 N–H and O–H groups in total. The van der Waals surface area contributed by atoms with E-state index in [4.69, 9.17) is 20.4 Å². The van der Waals surface area contributed by atoms with Gasteiger partial charge >= 0.3 is 11.9 Å². The molecule has 0 amide bonds. The van der Waals surface area contributed by atoms with Gasteiger partial charge in [-0.3, -0.25) is 0 Å². The zero-order chi connectivity index (χ0) is 11.1. The maximum atomic E-state index is 10.6. The smallest absolute Gasteiger partial charge is 0.332 e. The number of aliphatic hydroxyl groups is 2. The number of hydrogen-bond donors (Lipinski definition) is 4. The minimum atomic E-state index is -1.38. The Labute approximate surface area is 80.1 Å². The van der Waals surface area contributed by atoms with Gasteiger partial charge < -0.3 is 20.4 Å². The molecule has 0 rings (SSSR count). The molecule has 0 bridgehead atoms. The molecule has 6 heteroatoms. The summed E-state index contributed by atoms with van der Waals surface area (Å²) in [4.78, 5) is 21.2. The molecule has 0 aromatic rings. The van der Waals surface area contributed by atoms with E-state index in [1.165, 1.54) is 0 Å². The van der Waals surface area contributed by atoms with Crippen LogP contribution < -0.4 is 0 Å². The number of carboxylic acid groups (broad SMARTS) is 2. The van der Waals surface area contributed by atoms with Crippen molar-refractivity contribution >= 4 is 11.9 Å². The van der Waals surface area contributed by atoms with Gasteiger partial charge in [-0.25, -0.2) is 9.59 Å². The summed E-state index contributed by atoms with van der Waals surface area (Å²) in [5, 5.41) is 34.3. The van der Waals surface area contributed by atoms with Crippen LogP contribution >= 0.6 is 0 Å². The molecular formula is C8H12O6. The van der Waals surface area contributed by atoms with Crippen molar-refractivity contribution in [1.29, 1.82) is 0 Å². The Morgan fingerprint density at radius 2 is 1.07 bits per heavy atom. The van der Waals surface area contributed by atoms with Crippen LogP contribution in [0.25, 0.3) is 0 Å². The molecule has 0 heterocycles. The van der Waals surface area contributed by atoms with Gasteiger partial charge in [-0.05, 0) is 0 Å². The van der Waals surface area contributed by atoms with E-state index in [0.29, 0.717) is 0 Å². The average Bonchev–Trinajstić information content (AvgIpc) is 2.10. The Kier molecular flexibility index (Phi) is 5.50. The number of rotatable bonds is 6. The Balaban J connectivity index is 5.03. The van der Waals surface area contributed by atoms with Crippen LogP contribution in [-0.2, 0) is 9.59 Å². The lowest BCUT2D eigenvalue weighted by Crippen LogP contribution is -2.13. The molecule has 80 valence electrons. The first-order valence-corrected chi connectivity index (χ1v) is 3.95. The number of aliphatic hydroxyl groups excluding tert-OH is 2. The quantitative estimate of drug-likeness (QED) is 0.422. The van der Waals surface area contributed by atoms with E-state index < -0.39 is 25.2 Å². The standard InChI is InChI=1S/C8H12O6/c9-3-1-5(7(11)12)6(2-4-10)8(13)14/h9-10H,1-4H2,(H,11,12)(H,13,14)/b6-5-. The highest BCUT2D eigenvalue weighted by atomic mass is 16.4. The largest absolute Gasteiger partial charge is 0.478 e. The fourth-order valence-corrected chi connectivity index (χ4v) is 0.997. The maximum Gasteiger partial charge on any atom is 0.332 e. The van der Waals surface area contributed by atoms with Crippen molar-refractivity contribution in [3.8, 4) is 0 Å². The maximum absolute atomic E-state index is 10.6. The van der Waals surface area contributed by atoms with E-state index in [-0.39, 0.29) is 24.0 Å². The summed E-state index contributed by atoms with van der Waals surface area (Å²) < 4.78 is 0. The van der Waals surface area contributed by atoms with Crippen molar-refractivity contribution in [2.45, 2.75) is 12.8 Å². The average molecular weight is 204 g/mol. The minimum Gasteiger partial charge on any atom is -0.478 e. The van der Waals surface area contributed by atoms with Crippen LogP contribution in [0.2, 0.25) is 0 Å². The molecule has 0 aliphatic rings. The minimum absolute atomic E-state index is 0.239. The van der Waals surface area contributed by atoms with E-state index in [1.54, 1.807) is 0 Å². The topological polar surface area (TPSA) is 115 Å². The van der Waals surface area contributed by atoms with Gasteiger partial charge in [0.05, 0.1) is 0 Å². The third-order valence-corrected chi connectivity index (χ3v) is 1.60. The number of carbonyl (C=O) groups is 2. The molecule has 0 unspecified atom stereocenters. The van der Waals surface area contributed by atoms with Gasteiger partial charge in [0, 0.05) is 37.2 Å². The predicted molar refractivity (Wildman–Crippen MR) is 45.7 cm³/mol. The molecule has 0 atom stereocenters. The summed E-state index contributed by atoms with van der Waals surface area (Å²) in [6, 6.07) is 0. The van der Waals surface area contributed by atoms with Crippen LogP contribution in [-0.4, -0.2) is 45.6 Å². The summed E-state index contributed by atoms with van der Waals surface area (Å²) in [5.74, 6) is -2.77. The lowest BCUT2D eigenvalue weighted by molar-refractivity contribution is -0.136. The van der Waals surface area contributed by atoms with E-state index >= 15 is 0 Å². The zero-order valence-corrected chi connectivity index (χ0v) is 7.43. The van der Waals surface area contributed by atoms with Gasteiger partial charge in [0.25, 0.3) is 0 Å². The summed E-state index contributed by atoms with van der Waals surface area (Å²) >= 11 is 0. The van der Waals surface area contributed by atoms with Gasteiger partial charge in [-0.1, -0.05) is 0 Å². The van der Waals surface area contributed by atoms with Gasteiger partial charge in [0.2, 0.25) is 0 Å². The van der Waals surface area contributed by atoms with Crippen molar-refractivity contribution in [2.24, 2.45) is 0 Å². The molecule has 0 aliphatic carbocycles. The highest BCUT2D eigenvalue weighted by Gasteiger charge is 2.18. The summed E-state index contributed by atoms with van der Waals surface area (Å²) in [7, 11) is 0. The Hall–Kier alpha value is -1.40. The van der Waals surface area contributed by atoms with E-state index in [0.717, 1.165) is 0 Å². The van der Waals surface area contributed by atoms with Crippen LogP contribution in [0.15, 0.2) is 11.1 Å². The Bertz CT molecular complexity index is 229. The van der Waals surface area contributed by atoms with Crippen molar-refractivity contribution in [3.63, 3.8) is 0 Å². The molecule has 0 aliphatic heterocycles. The normalized spacial score (nSPS) is 12.1. The van der Waals surface area contributed by atoms with Crippen molar-refractivity contribution in [1.82, 2.24) is 0 Å². The number of aliphatic carboxylic acids is 2. The van der Waals surface area contributed by atoms with E-state index in [2.05, 4.69) is 0 Å². The fraction of sp³-hybridized carbons (Fsp3) is 0.500. The van der Waals surface area contributed by atoms with Gasteiger partial charge in [-0.15, -0.1) is 0 Å². The van der Waals surface area contributed by atoms with Crippen LogP contribution in [0.1, 0.15) is 12.8 Å². The Morgan fingerprint density at radius 1 is 0.786 bits per heavy atom. The molecule has 0 aromatic carbocycles. The highest BCUT2D eigenvalue weighted by molar-refractivity contribution is 5.98. The first-order valence-electron chi connectivity index (χ1n) is 3.95. The lowest BCUT2D eigenvalue weighted by Gasteiger charge is -2.05. The first kappa shape index (κ1) is 12.6. The van der Waals surface area contributed by atoms with Crippen LogP contribution in [0.5, 0.6) is 0 Å². The second kappa shape index (κ2) is 6.11. The van der Waals surface area contributed by atoms with Crippen LogP contribution in [0.4, 0.5) is 0 Å². The summed E-state index contributed by atoms with van der Waals surface area (Å²) in [6.07, 6.45) is -0.478. The van der Waals surface area contributed by atoms with E-state index in [9.17, 15) is 9.59 Å². The molecule has 0 saturated carbocycles. The van der Waals surface area contributed by atoms with Crippen LogP contribution in [0, 0.1) is 0 Å². The number of carboxylic acids is 2. The third kappa shape index (κ3) is 3.55. The predicted octanol–water partition coefficient (Wildman–Crippen LogP) is -0.783. The molecule has 0 aromatic heterocycles. The lowest BCUT2D eigenvalue weighted by atomic mass is 10.0. The van der Waals surface area contributed by atoms with Crippen molar-refractivity contribution < 1.29 is 30.0 Å². The Morgan fingerprint density at radius 3 is 1.21 bits per heavy atom. The summed E-state index contributed by atoms with van der Waals surface area (Å²) in [6.45, 7) is -0.881. The fourth-order valence-electron chi connectivity index (χ4n) is 0.997. The monoisotopic (exact) mass is 204 g/mol. The molecule has 0 fully saturated rings. The zero-order valence-electron chi connectivity index (χ0n) is 7.43. The molecule has 0 radical (unpaired) electrons.